The zero-order chi connectivity index (χ0) is 14.0. The molecule has 0 radical (unpaired) electrons. The van der Waals surface area contributed by atoms with Gasteiger partial charge in [0, 0.05) is 13.2 Å². The van der Waals surface area contributed by atoms with E-state index in [-0.39, 0.29) is 11.6 Å². The number of aromatic nitrogens is 2. The zero-order valence-electron chi connectivity index (χ0n) is 11.1. The number of hydrogen-bond donors (Lipinski definition) is 0. The molecule has 2 rings (SSSR count). The molecule has 98 valence electrons. The van der Waals surface area contributed by atoms with Crippen LogP contribution in [0.3, 0.4) is 0 Å². The quantitative estimate of drug-likeness (QED) is 0.626. The van der Waals surface area contributed by atoms with Gasteiger partial charge in [0.2, 0.25) is 0 Å². The summed E-state index contributed by atoms with van der Waals surface area (Å²) in [6.45, 7) is 3.49. The van der Waals surface area contributed by atoms with Gasteiger partial charge in [-0.2, -0.15) is 5.10 Å². The third kappa shape index (κ3) is 2.96. The van der Waals surface area contributed by atoms with Crippen LogP contribution in [-0.2, 0) is 7.05 Å². The maximum Gasteiger partial charge on any atom is 0.189 e. The summed E-state index contributed by atoms with van der Waals surface area (Å²) in [5.41, 5.74) is 2.64. The second-order valence-electron chi connectivity index (χ2n) is 4.51. The second-order valence-corrected chi connectivity index (χ2v) is 4.51. The van der Waals surface area contributed by atoms with Crippen molar-refractivity contribution in [2.45, 2.75) is 13.8 Å². The molecular weight excluding hydrogens is 243 g/mol. The zero-order valence-corrected chi connectivity index (χ0v) is 11.1. The monoisotopic (exact) mass is 258 g/mol. The first kappa shape index (κ1) is 13.2. The first-order valence-corrected chi connectivity index (χ1v) is 5.96. The highest BCUT2D eigenvalue weighted by Crippen LogP contribution is 2.12. The lowest BCUT2D eigenvalue weighted by atomic mass is 10.1. The minimum absolute atomic E-state index is 0.104. The molecule has 0 amide bonds. The molecule has 0 fully saturated rings. The Morgan fingerprint density at radius 2 is 2.11 bits per heavy atom. The van der Waals surface area contributed by atoms with E-state index in [1.54, 1.807) is 50.0 Å². The molecule has 0 N–H and O–H groups in total. The van der Waals surface area contributed by atoms with E-state index < -0.39 is 0 Å². The van der Waals surface area contributed by atoms with Crippen molar-refractivity contribution in [2.75, 3.05) is 0 Å². The van der Waals surface area contributed by atoms with Crippen molar-refractivity contribution in [1.82, 2.24) is 9.78 Å². The standard InChI is InChI=1S/C15H15FN2O/c1-10-8-12(4-6-14(10)16)5-7-15(19)13-9-18(3)17-11(13)2/h4-9H,1-3H3/b7-5+. The molecule has 0 unspecified atom stereocenters. The van der Waals surface area contributed by atoms with Crippen LogP contribution >= 0.6 is 0 Å². The predicted octanol–water partition coefficient (Wildman–Crippen LogP) is 3.07. The summed E-state index contributed by atoms with van der Waals surface area (Å²) in [7, 11) is 1.77. The molecule has 0 aliphatic rings. The second kappa shape index (κ2) is 5.18. The molecule has 19 heavy (non-hydrogen) atoms. The number of rotatable bonds is 3. The molecule has 1 aromatic carbocycles. The average Bonchev–Trinajstić information content (AvgIpc) is 2.70. The number of nitrogens with zero attached hydrogens (tertiary/aromatic N) is 2. The van der Waals surface area contributed by atoms with E-state index in [0.29, 0.717) is 16.8 Å². The fraction of sp³-hybridized carbons (Fsp3) is 0.200. The molecule has 0 saturated heterocycles. The van der Waals surface area contributed by atoms with Crippen LogP contribution < -0.4 is 0 Å². The smallest absolute Gasteiger partial charge is 0.189 e. The summed E-state index contributed by atoms with van der Waals surface area (Å²) in [6, 6.07) is 4.74. The number of carbonyl (C=O) groups excluding carboxylic acids is 1. The number of benzene rings is 1. The molecule has 0 atom stereocenters. The van der Waals surface area contributed by atoms with Gasteiger partial charge in [-0.3, -0.25) is 9.48 Å². The van der Waals surface area contributed by atoms with Crippen molar-refractivity contribution in [2.24, 2.45) is 7.05 Å². The number of carbonyl (C=O) groups is 1. The van der Waals surface area contributed by atoms with Gasteiger partial charge in [0.1, 0.15) is 5.82 Å². The fourth-order valence-electron chi connectivity index (χ4n) is 1.87. The van der Waals surface area contributed by atoms with Crippen LogP contribution in [0.2, 0.25) is 0 Å². The summed E-state index contributed by atoms with van der Waals surface area (Å²) < 4.78 is 14.7. The van der Waals surface area contributed by atoms with Gasteiger partial charge in [-0.25, -0.2) is 4.39 Å². The van der Waals surface area contributed by atoms with Gasteiger partial charge in [-0.15, -0.1) is 0 Å². The lowest BCUT2D eigenvalue weighted by molar-refractivity contribution is 0.104. The van der Waals surface area contributed by atoms with Crippen molar-refractivity contribution in [3.63, 3.8) is 0 Å². The SMILES string of the molecule is Cc1cc(/C=C/C(=O)c2cn(C)nc2C)ccc1F. The van der Waals surface area contributed by atoms with Crippen molar-refractivity contribution >= 4 is 11.9 Å². The molecule has 1 aromatic heterocycles. The molecule has 0 aliphatic heterocycles. The van der Waals surface area contributed by atoms with Crippen molar-refractivity contribution in [3.8, 4) is 0 Å². The first-order chi connectivity index (χ1) is 8.97. The van der Waals surface area contributed by atoms with E-state index in [2.05, 4.69) is 5.10 Å². The Morgan fingerprint density at radius 1 is 1.37 bits per heavy atom. The highest BCUT2D eigenvalue weighted by Gasteiger charge is 2.09. The highest BCUT2D eigenvalue weighted by molar-refractivity contribution is 6.07. The molecule has 0 spiro atoms. The molecule has 0 saturated carbocycles. The summed E-state index contributed by atoms with van der Waals surface area (Å²) in [5.74, 6) is -0.348. The van der Waals surface area contributed by atoms with E-state index in [4.69, 9.17) is 0 Å². The van der Waals surface area contributed by atoms with E-state index >= 15 is 0 Å². The summed E-state index contributed by atoms with van der Waals surface area (Å²) in [5, 5.41) is 4.13. The van der Waals surface area contributed by atoms with E-state index in [9.17, 15) is 9.18 Å². The Balaban J connectivity index is 2.20. The van der Waals surface area contributed by atoms with E-state index in [1.807, 2.05) is 0 Å². The van der Waals surface area contributed by atoms with Crippen LogP contribution in [-0.4, -0.2) is 15.6 Å². The van der Waals surface area contributed by atoms with Crippen LogP contribution in [0, 0.1) is 19.7 Å². The van der Waals surface area contributed by atoms with Gasteiger partial charge >= 0.3 is 0 Å². The summed E-state index contributed by atoms with van der Waals surface area (Å²) in [6.07, 6.45) is 4.86. The molecule has 0 aliphatic carbocycles. The Bertz CT molecular complexity index is 656. The van der Waals surface area contributed by atoms with Crippen molar-refractivity contribution in [1.29, 1.82) is 0 Å². The van der Waals surface area contributed by atoms with Gasteiger partial charge in [0.25, 0.3) is 0 Å². The van der Waals surface area contributed by atoms with Gasteiger partial charge in [-0.1, -0.05) is 12.1 Å². The lowest BCUT2D eigenvalue weighted by Gasteiger charge is -1.98. The normalized spacial score (nSPS) is 11.2. The van der Waals surface area contributed by atoms with Crippen molar-refractivity contribution in [3.05, 3.63) is 58.7 Å². The Labute approximate surface area is 111 Å². The van der Waals surface area contributed by atoms with Crippen LogP contribution in [0.5, 0.6) is 0 Å². The molecule has 0 bridgehead atoms. The Morgan fingerprint density at radius 3 is 2.68 bits per heavy atom. The predicted molar refractivity (Wildman–Crippen MR) is 72.4 cm³/mol. The van der Waals surface area contributed by atoms with Gasteiger partial charge in [0.15, 0.2) is 5.78 Å². The number of halogens is 1. The molecule has 3 nitrogen and oxygen atoms in total. The number of allylic oxidation sites excluding steroid dienone is 1. The molecule has 4 heteroatoms. The number of hydrogen-bond acceptors (Lipinski definition) is 2. The highest BCUT2D eigenvalue weighted by atomic mass is 19.1. The van der Waals surface area contributed by atoms with Crippen LogP contribution in [0.1, 0.15) is 27.2 Å². The van der Waals surface area contributed by atoms with E-state index in [1.165, 1.54) is 12.1 Å². The van der Waals surface area contributed by atoms with Crippen LogP contribution in [0.4, 0.5) is 4.39 Å². The third-order valence-electron chi connectivity index (χ3n) is 2.89. The number of ketones is 1. The largest absolute Gasteiger partial charge is 0.289 e. The molecule has 1 heterocycles. The Hall–Kier alpha value is -2.23. The van der Waals surface area contributed by atoms with Crippen LogP contribution in [0.15, 0.2) is 30.5 Å². The molecule has 2 aromatic rings. The van der Waals surface area contributed by atoms with E-state index in [0.717, 1.165) is 5.56 Å². The van der Waals surface area contributed by atoms with Gasteiger partial charge in [-0.05, 0) is 43.2 Å². The topological polar surface area (TPSA) is 34.9 Å². The van der Waals surface area contributed by atoms with Crippen LogP contribution in [0.25, 0.3) is 6.08 Å². The van der Waals surface area contributed by atoms with Gasteiger partial charge in [0.05, 0.1) is 11.3 Å². The van der Waals surface area contributed by atoms with Gasteiger partial charge < -0.3 is 0 Å². The lowest BCUT2D eigenvalue weighted by Crippen LogP contribution is -1.94. The molecular formula is C15H15FN2O. The maximum atomic E-state index is 13.1. The average molecular weight is 258 g/mol. The Kier molecular flexibility index (Phi) is 3.60. The summed E-state index contributed by atoms with van der Waals surface area (Å²) in [4.78, 5) is 12.0. The fourth-order valence-corrected chi connectivity index (χ4v) is 1.87. The first-order valence-electron chi connectivity index (χ1n) is 5.96. The minimum atomic E-state index is -0.244. The third-order valence-corrected chi connectivity index (χ3v) is 2.89. The van der Waals surface area contributed by atoms with Crippen molar-refractivity contribution < 1.29 is 9.18 Å². The summed E-state index contributed by atoms with van der Waals surface area (Å²) >= 11 is 0. The minimum Gasteiger partial charge on any atom is -0.289 e. The number of aryl methyl sites for hydroxylation is 3. The maximum absolute atomic E-state index is 13.1.